The quantitative estimate of drug-likeness (QED) is 0.693. The van der Waals surface area contributed by atoms with Crippen LogP contribution in [-0.2, 0) is 4.79 Å². The van der Waals surface area contributed by atoms with Crippen molar-refractivity contribution in [2.45, 2.75) is 6.42 Å². The molecule has 3 heteroatoms. The maximum Gasteiger partial charge on any atom is 0.167 e. The topological polar surface area (TPSA) is 35.5 Å². The Labute approximate surface area is 89.3 Å². The van der Waals surface area contributed by atoms with Crippen molar-refractivity contribution >= 4 is 12.4 Å². The first-order valence-electron chi connectivity index (χ1n) is 4.64. The summed E-state index contributed by atoms with van der Waals surface area (Å²) in [6.45, 7) is 0. The lowest BCUT2D eigenvalue weighted by atomic mass is 10.1. The van der Waals surface area contributed by atoms with Gasteiger partial charge in [-0.3, -0.25) is 0 Å². The van der Waals surface area contributed by atoms with Crippen LogP contribution in [0.4, 0.5) is 0 Å². The summed E-state index contributed by atoms with van der Waals surface area (Å²) in [7, 11) is 3.19. The maximum atomic E-state index is 10.2. The van der Waals surface area contributed by atoms with E-state index in [0.717, 1.165) is 11.8 Å². The average molecular weight is 206 g/mol. The molecule has 15 heavy (non-hydrogen) atoms. The number of aldehydes is 1. The fourth-order valence-corrected chi connectivity index (χ4v) is 1.29. The molecule has 0 unspecified atom stereocenters. The number of allylic oxidation sites excluding steroid dienone is 1. The molecule has 0 radical (unpaired) electrons. The van der Waals surface area contributed by atoms with Gasteiger partial charge in [-0.25, -0.2) is 0 Å². The second-order valence-corrected chi connectivity index (χ2v) is 2.89. The number of hydrogen-bond acceptors (Lipinski definition) is 3. The van der Waals surface area contributed by atoms with Crippen LogP contribution in [0.2, 0.25) is 0 Å². The molecule has 1 rings (SSSR count). The summed E-state index contributed by atoms with van der Waals surface area (Å²) in [6.07, 6.45) is 4.88. The molecule has 1 aromatic carbocycles. The van der Waals surface area contributed by atoms with Gasteiger partial charge in [0.25, 0.3) is 0 Å². The summed E-state index contributed by atoms with van der Waals surface area (Å²) in [5.74, 6) is 1.37. The summed E-state index contributed by atoms with van der Waals surface area (Å²) in [5, 5.41) is 0. The lowest BCUT2D eigenvalue weighted by Gasteiger charge is -2.09. The predicted molar refractivity (Wildman–Crippen MR) is 59.3 cm³/mol. The van der Waals surface area contributed by atoms with Crippen LogP contribution in [-0.4, -0.2) is 20.5 Å². The van der Waals surface area contributed by atoms with Crippen LogP contribution in [0.15, 0.2) is 24.3 Å². The molecule has 0 atom stereocenters. The Balaban J connectivity index is 3.00. The van der Waals surface area contributed by atoms with Crippen molar-refractivity contribution in [3.63, 3.8) is 0 Å². The minimum absolute atomic E-state index is 0.403. The fourth-order valence-electron chi connectivity index (χ4n) is 1.29. The van der Waals surface area contributed by atoms with Gasteiger partial charge in [-0.15, -0.1) is 0 Å². The lowest BCUT2D eigenvalue weighted by molar-refractivity contribution is -0.107. The van der Waals surface area contributed by atoms with E-state index in [9.17, 15) is 4.79 Å². The molecule has 0 spiro atoms. The van der Waals surface area contributed by atoms with Crippen molar-refractivity contribution in [1.82, 2.24) is 0 Å². The van der Waals surface area contributed by atoms with Crippen molar-refractivity contribution in [3.8, 4) is 11.5 Å². The molecule has 0 fully saturated rings. The number of hydrogen-bond donors (Lipinski definition) is 0. The molecule has 0 aromatic heterocycles. The standard InChI is InChI=1S/C12H14O3/c1-14-11-8-5-7-10(12(11)15-2)6-3-4-9-13/h3,5-9H,4H2,1-2H3/b6-3+. The largest absolute Gasteiger partial charge is 0.493 e. The molecule has 0 aliphatic carbocycles. The number of carbonyl (C=O) groups excluding carboxylic acids is 1. The van der Waals surface area contributed by atoms with Crippen LogP contribution in [0.3, 0.4) is 0 Å². The highest BCUT2D eigenvalue weighted by Gasteiger charge is 2.05. The summed E-state index contributed by atoms with van der Waals surface area (Å²) in [5.41, 5.74) is 0.902. The van der Waals surface area contributed by atoms with Gasteiger partial charge in [0, 0.05) is 12.0 Å². The first kappa shape index (κ1) is 11.3. The molecular weight excluding hydrogens is 192 g/mol. The van der Waals surface area contributed by atoms with Gasteiger partial charge in [-0.2, -0.15) is 0 Å². The second-order valence-electron chi connectivity index (χ2n) is 2.89. The van der Waals surface area contributed by atoms with Gasteiger partial charge in [0.05, 0.1) is 14.2 Å². The van der Waals surface area contributed by atoms with Crippen LogP contribution >= 0.6 is 0 Å². The highest BCUT2D eigenvalue weighted by molar-refractivity contribution is 5.64. The van der Waals surface area contributed by atoms with E-state index in [4.69, 9.17) is 9.47 Å². The number of methoxy groups -OCH3 is 2. The maximum absolute atomic E-state index is 10.2. The molecule has 0 aliphatic rings. The van der Waals surface area contributed by atoms with Gasteiger partial charge in [-0.1, -0.05) is 24.3 Å². The zero-order chi connectivity index (χ0) is 11.1. The summed E-state index contributed by atoms with van der Waals surface area (Å²) in [6, 6.07) is 5.61. The van der Waals surface area contributed by atoms with Gasteiger partial charge in [0.15, 0.2) is 11.5 Å². The third-order valence-electron chi connectivity index (χ3n) is 1.96. The zero-order valence-corrected chi connectivity index (χ0v) is 8.90. The Kier molecular flexibility index (Phi) is 4.41. The molecule has 0 amide bonds. The first-order valence-corrected chi connectivity index (χ1v) is 4.64. The predicted octanol–water partition coefficient (Wildman–Crippen LogP) is 2.31. The molecule has 0 heterocycles. The van der Waals surface area contributed by atoms with E-state index in [1.54, 1.807) is 20.3 Å². The first-order chi connectivity index (χ1) is 7.33. The Morgan fingerprint density at radius 3 is 2.67 bits per heavy atom. The fraction of sp³-hybridized carbons (Fsp3) is 0.250. The number of rotatable bonds is 5. The normalized spacial score (nSPS) is 10.3. The van der Waals surface area contributed by atoms with E-state index in [1.807, 2.05) is 24.3 Å². The van der Waals surface area contributed by atoms with Crippen molar-refractivity contribution in [2.75, 3.05) is 14.2 Å². The third-order valence-corrected chi connectivity index (χ3v) is 1.96. The molecule has 0 saturated carbocycles. The van der Waals surface area contributed by atoms with Crippen molar-refractivity contribution < 1.29 is 14.3 Å². The number of ether oxygens (including phenoxy) is 2. The van der Waals surface area contributed by atoms with Crippen LogP contribution in [0.5, 0.6) is 11.5 Å². The van der Waals surface area contributed by atoms with Gasteiger partial charge in [0.1, 0.15) is 6.29 Å². The molecule has 80 valence electrons. The third kappa shape index (κ3) is 2.84. The van der Waals surface area contributed by atoms with Gasteiger partial charge < -0.3 is 14.3 Å². The van der Waals surface area contributed by atoms with Crippen molar-refractivity contribution in [3.05, 3.63) is 29.8 Å². The zero-order valence-electron chi connectivity index (χ0n) is 8.90. The molecule has 1 aromatic rings. The summed E-state index contributed by atoms with van der Waals surface area (Å²) < 4.78 is 10.4. The SMILES string of the molecule is COc1cccc(/C=C/CC=O)c1OC. The second kappa shape index (κ2) is 5.86. The molecule has 0 bridgehead atoms. The Morgan fingerprint density at radius 1 is 1.27 bits per heavy atom. The molecule has 0 N–H and O–H groups in total. The van der Waals surface area contributed by atoms with Crippen molar-refractivity contribution in [2.24, 2.45) is 0 Å². The molecular formula is C12H14O3. The van der Waals surface area contributed by atoms with E-state index in [2.05, 4.69) is 0 Å². The van der Waals surface area contributed by atoms with Crippen LogP contribution in [0.25, 0.3) is 6.08 Å². The number of benzene rings is 1. The lowest BCUT2D eigenvalue weighted by Crippen LogP contribution is -1.92. The monoisotopic (exact) mass is 206 g/mol. The van der Waals surface area contributed by atoms with Gasteiger partial charge in [-0.05, 0) is 6.07 Å². The number of para-hydroxylation sites is 1. The number of carbonyl (C=O) groups is 1. The Hall–Kier alpha value is -1.77. The van der Waals surface area contributed by atoms with Crippen LogP contribution in [0.1, 0.15) is 12.0 Å². The average Bonchev–Trinajstić information content (AvgIpc) is 2.29. The summed E-state index contributed by atoms with van der Waals surface area (Å²) >= 11 is 0. The van der Waals surface area contributed by atoms with E-state index in [1.165, 1.54) is 0 Å². The highest BCUT2D eigenvalue weighted by atomic mass is 16.5. The van der Waals surface area contributed by atoms with E-state index in [-0.39, 0.29) is 0 Å². The van der Waals surface area contributed by atoms with Crippen LogP contribution < -0.4 is 9.47 Å². The smallest absolute Gasteiger partial charge is 0.167 e. The Bertz CT molecular complexity index is 356. The summed E-state index contributed by atoms with van der Waals surface area (Å²) in [4.78, 5) is 10.2. The van der Waals surface area contributed by atoms with Gasteiger partial charge >= 0.3 is 0 Å². The van der Waals surface area contributed by atoms with E-state index < -0.39 is 0 Å². The van der Waals surface area contributed by atoms with E-state index >= 15 is 0 Å². The minimum atomic E-state index is 0.403. The van der Waals surface area contributed by atoms with Gasteiger partial charge in [0.2, 0.25) is 0 Å². The van der Waals surface area contributed by atoms with Crippen LogP contribution in [0, 0.1) is 0 Å². The Morgan fingerprint density at radius 2 is 2.07 bits per heavy atom. The highest BCUT2D eigenvalue weighted by Crippen LogP contribution is 2.31. The molecule has 3 nitrogen and oxygen atoms in total. The molecule has 0 saturated heterocycles. The van der Waals surface area contributed by atoms with E-state index in [0.29, 0.717) is 17.9 Å². The minimum Gasteiger partial charge on any atom is -0.493 e. The van der Waals surface area contributed by atoms with Crippen molar-refractivity contribution in [1.29, 1.82) is 0 Å². The molecule has 0 aliphatic heterocycles.